The van der Waals surface area contributed by atoms with Crippen molar-refractivity contribution >= 4 is 5.69 Å². The highest BCUT2D eigenvalue weighted by Gasteiger charge is 2.32. The quantitative estimate of drug-likeness (QED) is 0.879. The van der Waals surface area contributed by atoms with Crippen LogP contribution in [-0.2, 0) is 0 Å². The monoisotopic (exact) mass is 247 g/mol. The molecule has 3 heteroatoms. The zero-order chi connectivity index (χ0) is 13.2. The van der Waals surface area contributed by atoms with Crippen LogP contribution in [0.15, 0.2) is 30.3 Å². The van der Waals surface area contributed by atoms with Crippen molar-refractivity contribution in [1.29, 1.82) is 0 Å². The fourth-order valence-corrected chi connectivity index (χ4v) is 2.62. The van der Waals surface area contributed by atoms with Crippen molar-refractivity contribution < 1.29 is 0 Å². The van der Waals surface area contributed by atoms with E-state index in [1.54, 1.807) is 0 Å². The Morgan fingerprint density at radius 1 is 1.28 bits per heavy atom. The van der Waals surface area contributed by atoms with Gasteiger partial charge in [-0.25, -0.2) is 0 Å². The SMILES string of the molecule is CN(C)CC1CNC(C)(C)CN1c1ccccc1. The number of para-hydroxylation sites is 1. The fraction of sp³-hybridized carbons (Fsp3) is 0.600. The summed E-state index contributed by atoms with van der Waals surface area (Å²) in [5.74, 6) is 0. The molecule has 1 aromatic carbocycles. The first-order chi connectivity index (χ1) is 8.48. The van der Waals surface area contributed by atoms with E-state index in [4.69, 9.17) is 0 Å². The van der Waals surface area contributed by atoms with Gasteiger partial charge >= 0.3 is 0 Å². The van der Waals surface area contributed by atoms with Crippen molar-refractivity contribution in [2.45, 2.75) is 25.4 Å². The number of hydrogen-bond donors (Lipinski definition) is 1. The van der Waals surface area contributed by atoms with Crippen LogP contribution in [0.4, 0.5) is 5.69 Å². The summed E-state index contributed by atoms with van der Waals surface area (Å²) < 4.78 is 0. The Hall–Kier alpha value is -1.06. The lowest BCUT2D eigenvalue weighted by molar-refractivity contribution is 0.268. The minimum absolute atomic E-state index is 0.179. The Kier molecular flexibility index (Phi) is 3.93. The third-order valence-corrected chi connectivity index (χ3v) is 3.49. The second kappa shape index (κ2) is 5.29. The van der Waals surface area contributed by atoms with Crippen molar-refractivity contribution in [3.05, 3.63) is 30.3 Å². The van der Waals surface area contributed by atoms with Gasteiger partial charge in [0.25, 0.3) is 0 Å². The second-order valence-electron chi connectivity index (χ2n) is 6.14. The van der Waals surface area contributed by atoms with Crippen LogP contribution in [0.1, 0.15) is 13.8 Å². The number of rotatable bonds is 3. The molecule has 0 spiro atoms. The van der Waals surface area contributed by atoms with Gasteiger partial charge in [-0.1, -0.05) is 18.2 Å². The first kappa shape index (κ1) is 13.4. The Labute approximate surface area is 111 Å². The van der Waals surface area contributed by atoms with Crippen LogP contribution in [0.3, 0.4) is 0 Å². The smallest absolute Gasteiger partial charge is 0.0542 e. The number of anilines is 1. The summed E-state index contributed by atoms with van der Waals surface area (Å²) in [4.78, 5) is 4.80. The molecule has 1 atom stereocenters. The van der Waals surface area contributed by atoms with Gasteiger partial charge in [-0.15, -0.1) is 0 Å². The molecule has 0 radical (unpaired) electrons. The van der Waals surface area contributed by atoms with Gasteiger partial charge in [-0.05, 0) is 40.1 Å². The average Bonchev–Trinajstić information content (AvgIpc) is 2.32. The van der Waals surface area contributed by atoms with Gasteiger partial charge in [-0.3, -0.25) is 0 Å². The van der Waals surface area contributed by atoms with Crippen LogP contribution in [0.5, 0.6) is 0 Å². The standard InChI is InChI=1S/C15H25N3/c1-15(2)12-18(13-8-6-5-7-9-13)14(10-16-15)11-17(3)4/h5-9,14,16H,10-12H2,1-4H3. The third kappa shape index (κ3) is 3.24. The molecule has 0 amide bonds. The van der Waals surface area contributed by atoms with E-state index in [0.717, 1.165) is 19.6 Å². The molecule has 1 heterocycles. The molecule has 1 N–H and O–H groups in total. The summed E-state index contributed by atoms with van der Waals surface area (Å²) in [6.07, 6.45) is 0. The molecule has 1 aliphatic heterocycles. The molecular formula is C15H25N3. The molecule has 0 saturated carbocycles. The minimum atomic E-state index is 0.179. The van der Waals surface area contributed by atoms with E-state index >= 15 is 0 Å². The summed E-state index contributed by atoms with van der Waals surface area (Å²) in [5, 5.41) is 3.65. The molecule has 1 unspecified atom stereocenters. The first-order valence-corrected chi connectivity index (χ1v) is 6.69. The zero-order valence-corrected chi connectivity index (χ0v) is 12.0. The molecule has 18 heavy (non-hydrogen) atoms. The fourth-order valence-electron chi connectivity index (χ4n) is 2.62. The highest BCUT2D eigenvalue weighted by atomic mass is 15.3. The van der Waals surface area contributed by atoms with Gasteiger partial charge in [-0.2, -0.15) is 0 Å². The van der Waals surface area contributed by atoms with Crippen molar-refractivity contribution in [1.82, 2.24) is 10.2 Å². The molecule has 3 nitrogen and oxygen atoms in total. The van der Waals surface area contributed by atoms with Gasteiger partial charge in [0.2, 0.25) is 0 Å². The minimum Gasteiger partial charge on any atom is -0.364 e. The molecule has 0 aliphatic carbocycles. The van der Waals surface area contributed by atoms with Gasteiger partial charge in [0.05, 0.1) is 6.04 Å². The Morgan fingerprint density at radius 2 is 1.94 bits per heavy atom. The van der Waals surface area contributed by atoms with E-state index in [0.29, 0.717) is 6.04 Å². The summed E-state index contributed by atoms with van der Waals surface area (Å²) in [5.41, 5.74) is 1.51. The Bertz CT molecular complexity index is 373. The topological polar surface area (TPSA) is 18.5 Å². The highest BCUT2D eigenvalue weighted by molar-refractivity contribution is 5.48. The normalized spacial score (nSPS) is 23.4. The maximum atomic E-state index is 3.65. The Balaban J connectivity index is 2.19. The van der Waals surface area contributed by atoms with E-state index in [2.05, 4.69) is 73.4 Å². The first-order valence-electron chi connectivity index (χ1n) is 6.69. The van der Waals surface area contributed by atoms with Gasteiger partial charge in [0, 0.05) is 30.9 Å². The Morgan fingerprint density at radius 3 is 2.56 bits per heavy atom. The predicted octanol–water partition coefficient (Wildman–Crippen LogP) is 1.80. The number of likely N-dealkylation sites (N-methyl/N-ethyl adjacent to an activating group) is 1. The molecule has 0 bridgehead atoms. The highest BCUT2D eigenvalue weighted by Crippen LogP contribution is 2.23. The van der Waals surface area contributed by atoms with Crippen molar-refractivity contribution in [3.63, 3.8) is 0 Å². The lowest BCUT2D eigenvalue weighted by Crippen LogP contribution is -2.63. The molecule has 2 rings (SSSR count). The van der Waals surface area contributed by atoms with Crippen LogP contribution in [-0.4, -0.2) is 50.2 Å². The molecule has 1 fully saturated rings. The van der Waals surface area contributed by atoms with Gasteiger partial charge in [0.15, 0.2) is 0 Å². The van der Waals surface area contributed by atoms with E-state index in [1.165, 1.54) is 5.69 Å². The molecule has 1 aromatic rings. The van der Waals surface area contributed by atoms with Crippen LogP contribution in [0, 0.1) is 0 Å². The molecule has 0 aromatic heterocycles. The maximum Gasteiger partial charge on any atom is 0.0542 e. The average molecular weight is 247 g/mol. The number of piperazine rings is 1. The summed E-state index contributed by atoms with van der Waals surface area (Å²) in [7, 11) is 4.28. The van der Waals surface area contributed by atoms with Crippen LogP contribution >= 0.6 is 0 Å². The summed E-state index contributed by atoms with van der Waals surface area (Å²) in [6, 6.07) is 11.3. The second-order valence-corrected chi connectivity index (χ2v) is 6.14. The third-order valence-electron chi connectivity index (χ3n) is 3.49. The summed E-state index contributed by atoms with van der Waals surface area (Å²) >= 11 is 0. The zero-order valence-electron chi connectivity index (χ0n) is 12.0. The van der Waals surface area contributed by atoms with Gasteiger partial charge in [0.1, 0.15) is 0 Å². The molecule has 100 valence electrons. The van der Waals surface area contributed by atoms with Crippen LogP contribution in [0.2, 0.25) is 0 Å². The van der Waals surface area contributed by atoms with Crippen molar-refractivity contribution in [2.75, 3.05) is 38.6 Å². The number of nitrogens with one attached hydrogen (secondary N) is 1. The summed E-state index contributed by atoms with van der Waals surface area (Å²) in [6.45, 7) is 7.72. The molecule has 1 aliphatic rings. The van der Waals surface area contributed by atoms with E-state index < -0.39 is 0 Å². The number of benzene rings is 1. The van der Waals surface area contributed by atoms with Gasteiger partial charge < -0.3 is 15.1 Å². The maximum absolute atomic E-state index is 3.65. The van der Waals surface area contributed by atoms with Crippen molar-refractivity contribution in [3.8, 4) is 0 Å². The van der Waals surface area contributed by atoms with Crippen LogP contribution < -0.4 is 10.2 Å². The lowest BCUT2D eigenvalue weighted by atomic mass is 9.97. The van der Waals surface area contributed by atoms with E-state index in [-0.39, 0.29) is 5.54 Å². The number of hydrogen-bond acceptors (Lipinski definition) is 3. The lowest BCUT2D eigenvalue weighted by Gasteiger charge is -2.46. The van der Waals surface area contributed by atoms with E-state index in [1.807, 2.05) is 0 Å². The molecule has 1 saturated heterocycles. The van der Waals surface area contributed by atoms with E-state index in [9.17, 15) is 0 Å². The van der Waals surface area contributed by atoms with Crippen molar-refractivity contribution in [2.24, 2.45) is 0 Å². The molecular weight excluding hydrogens is 222 g/mol. The van der Waals surface area contributed by atoms with Crippen LogP contribution in [0.25, 0.3) is 0 Å². The largest absolute Gasteiger partial charge is 0.364 e. The number of nitrogens with zero attached hydrogens (tertiary/aromatic N) is 2. The predicted molar refractivity (Wildman–Crippen MR) is 78.2 cm³/mol.